The largest absolute Gasteiger partial charge is 0.490 e. The molecule has 0 radical (unpaired) electrons. The molecule has 0 N–H and O–H groups in total. The molecule has 0 atom stereocenters. The summed E-state index contributed by atoms with van der Waals surface area (Å²) in [5.74, 6) is 1.64. The zero-order valence-corrected chi connectivity index (χ0v) is 14.1. The number of carbonyl (C=O) groups excluding carboxylic acids is 1. The molecular formula is C20H19N3O2. The van der Waals surface area contributed by atoms with Crippen LogP contribution in [0.4, 0.5) is 0 Å². The van der Waals surface area contributed by atoms with E-state index in [1.807, 2.05) is 17.5 Å². The summed E-state index contributed by atoms with van der Waals surface area (Å²) in [6.45, 7) is 6.03. The maximum atomic E-state index is 13.2. The minimum Gasteiger partial charge on any atom is -0.490 e. The number of hydrogen-bond donors (Lipinski definition) is 0. The van der Waals surface area contributed by atoms with Gasteiger partial charge in [0.25, 0.3) is 0 Å². The Hall–Kier alpha value is -2.95. The van der Waals surface area contributed by atoms with Gasteiger partial charge in [-0.05, 0) is 49.6 Å². The van der Waals surface area contributed by atoms with Crippen LogP contribution in [0.25, 0.3) is 5.78 Å². The molecule has 25 heavy (non-hydrogen) atoms. The number of ether oxygens (including phenoxy) is 1. The molecule has 0 saturated heterocycles. The van der Waals surface area contributed by atoms with Crippen molar-refractivity contribution in [2.75, 3.05) is 6.61 Å². The van der Waals surface area contributed by atoms with E-state index in [0.717, 1.165) is 29.8 Å². The van der Waals surface area contributed by atoms with Gasteiger partial charge in [0.15, 0.2) is 0 Å². The summed E-state index contributed by atoms with van der Waals surface area (Å²) < 4.78 is 7.31. The molecule has 0 unspecified atom stereocenters. The van der Waals surface area contributed by atoms with E-state index in [0.29, 0.717) is 29.6 Å². The van der Waals surface area contributed by atoms with Crippen molar-refractivity contribution in [3.8, 4) is 5.75 Å². The van der Waals surface area contributed by atoms with Crippen LogP contribution in [0.15, 0.2) is 49.3 Å². The number of fused-ring (bicyclic) bond motifs is 1. The van der Waals surface area contributed by atoms with E-state index in [1.165, 1.54) is 0 Å². The molecular weight excluding hydrogens is 314 g/mol. The molecule has 5 heteroatoms. The standard InChI is InChI=1S/C20H19N3O2/c1-3-10-25-16-8-6-15(7-9-16)19(24)18-17(14-4-5-14)22-20-21-11-13(2)12-23(18)20/h3,6-9,11-12,14H,1,4-5,10H2,2H3. The molecule has 1 fully saturated rings. The summed E-state index contributed by atoms with van der Waals surface area (Å²) in [5.41, 5.74) is 3.12. The van der Waals surface area contributed by atoms with Gasteiger partial charge in [-0.1, -0.05) is 12.7 Å². The third-order valence-electron chi connectivity index (χ3n) is 4.30. The second-order valence-electron chi connectivity index (χ2n) is 6.37. The molecule has 3 aromatic rings. The van der Waals surface area contributed by atoms with Gasteiger partial charge in [0.05, 0.1) is 5.69 Å². The van der Waals surface area contributed by atoms with E-state index in [4.69, 9.17) is 4.74 Å². The van der Waals surface area contributed by atoms with Gasteiger partial charge < -0.3 is 4.74 Å². The first-order valence-electron chi connectivity index (χ1n) is 8.40. The fraction of sp³-hybridized carbons (Fsp3) is 0.250. The van der Waals surface area contributed by atoms with Gasteiger partial charge in [-0.25, -0.2) is 9.97 Å². The minimum atomic E-state index is -0.0305. The van der Waals surface area contributed by atoms with Crippen molar-refractivity contribution in [2.45, 2.75) is 25.7 Å². The number of imidazole rings is 1. The van der Waals surface area contributed by atoms with Crippen LogP contribution in [0.1, 0.15) is 46.1 Å². The topological polar surface area (TPSA) is 56.5 Å². The maximum absolute atomic E-state index is 13.2. The lowest BCUT2D eigenvalue weighted by molar-refractivity contribution is 0.103. The predicted octanol–water partition coefficient (Wildman–Crippen LogP) is 3.71. The third-order valence-corrected chi connectivity index (χ3v) is 4.30. The summed E-state index contributed by atoms with van der Waals surface area (Å²) in [7, 11) is 0. The highest BCUT2D eigenvalue weighted by atomic mass is 16.5. The maximum Gasteiger partial charge on any atom is 0.234 e. The molecule has 0 aliphatic heterocycles. The van der Waals surface area contributed by atoms with E-state index in [1.54, 1.807) is 36.5 Å². The van der Waals surface area contributed by atoms with Crippen LogP contribution in [-0.2, 0) is 0 Å². The van der Waals surface area contributed by atoms with E-state index < -0.39 is 0 Å². The van der Waals surface area contributed by atoms with Crippen molar-refractivity contribution in [1.82, 2.24) is 14.4 Å². The Morgan fingerprint density at radius 2 is 2.12 bits per heavy atom. The molecule has 2 aromatic heterocycles. The van der Waals surface area contributed by atoms with E-state index in [2.05, 4.69) is 16.5 Å². The Bertz CT molecular complexity index is 953. The van der Waals surface area contributed by atoms with Crippen molar-refractivity contribution < 1.29 is 9.53 Å². The van der Waals surface area contributed by atoms with E-state index in [9.17, 15) is 4.79 Å². The Morgan fingerprint density at radius 1 is 1.36 bits per heavy atom. The molecule has 1 aromatic carbocycles. The summed E-state index contributed by atoms with van der Waals surface area (Å²) in [6, 6.07) is 7.20. The van der Waals surface area contributed by atoms with Crippen molar-refractivity contribution in [2.24, 2.45) is 0 Å². The Morgan fingerprint density at radius 3 is 2.80 bits per heavy atom. The number of nitrogens with zero attached hydrogens (tertiary/aromatic N) is 3. The first kappa shape index (κ1) is 15.6. The Labute approximate surface area is 146 Å². The van der Waals surface area contributed by atoms with Crippen molar-refractivity contribution in [3.05, 3.63) is 71.8 Å². The summed E-state index contributed by atoms with van der Waals surface area (Å²) in [5, 5.41) is 0. The van der Waals surface area contributed by atoms with Gasteiger partial charge in [-0.15, -0.1) is 0 Å². The van der Waals surface area contributed by atoms with Crippen LogP contribution >= 0.6 is 0 Å². The highest BCUT2D eigenvalue weighted by molar-refractivity contribution is 6.09. The average molecular weight is 333 g/mol. The fourth-order valence-electron chi connectivity index (χ4n) is 2.91. The highest BCUT2D eigenvalue weighted by Crippen LogP contribution is 2.41. The number of rotatable bonds is 6. The summed E-state index contributed by atoms with van der Waals surface area (Å²) >= 11 is 0. The van der Waals surface area contributed by atoms with Crippen LogP contribution in [0, 0.1) is 6.92 Å². The van der Waals surface area contributed by atoms with Crippen molar-refractivity contribution in [1.29, 1.82) is 0 Å². The van der Waals surface area contributed by atoms with Crippen LogP contribution in [-0.4, -0.2) is 26.8 Å². The number of ketones is 1. The highest BCUT2D eigenvalue weighted by Gasteiger charge is 2.33. The van der Waals surface area contributed by atoms with Crippen LogP contribution in [0.2, 0.25) is 0 Å². The van der Waals surface area contributed by atoms with Gasteiger partial charge in [-0.3, -0.25) is 9.20 Å². The molecule has 4 rings (SSSR count). The molecule has 126 valence electrons. The quantitative estimate of drug-likeness (QED) is 0.510. The van der Waals surface area contributed by atoms with E-state index >= 15 is 0 Å². The van der Waals surface area contributed by atoms with Gasteiger partial charge in [0.2, 0.25) is 11.6 Å². The number of aromatic nitrogens is 3. The monoisotopic (exact) mass is 333 g/mol. The zero-order chi connectivity index (χ0) is 17.4. The lowest BCUT2D eigenvalue weighted by atomic mass is 10.0. The number of hydrogen-bond acceptors (Lipinski definition) is 4. The smallest absolute Gasteiger partial charge is 0.234 e. The lowest BCUT2D eigenvalue weighted by Crippen LogP contribution is -2.08. The van der Waals surface area contributed by atoms with Crippen LogP contribution < -0.4 is 4.74 Å². The number of aryl methyl sites for hydroxylation is 1. The van der Waals surface area contributed by atoms with E-state index in [-0.39, 0.29) is 5.78 Å². The first-order valence-corrected chi connectivity index (χ1v) is 8.40. The minimum absolute atomic E-state index is 0.0305. The van der Waals surface area contributed by atoms with Crippen LogP contribution in [0.5, 0.6) is 5.75 Å². The van der Waals surface area contributed by atoms with Crippen molar-refractivity contribution in [3.63, 3.8) is 0 Å². The van der Waals surface area contributed by atoms with Crippen LogP contribution in [0.3, 0.4) is 0 Å². The molecule has 1 aliphatic carbocycles. The summed E-state index contributed by atoms with van der Waals surface area (Å²) in [4.78, 5) is 22.1. The summed E-state index contributed by atoms with van der Waals surface area (Å²) in [6.07, 6.45) is 7.55. The number of benzene rings is 1. The first-order chi connectivity index (χ1) is 12.2. The SMILES string of the molecule is C=CCOc1ccc(C(=O)c2c(C3CC3)nc3ncc(C)cn23)cc1. The lowest BCUT2D eigenvalue weighted by Gasteiger charge is -2.06. The van der Waals surface area contributed by atoms with Gasteiger partial charge >= 0.3 is 0 Å². The van der Waals surface area contributed by atoms with Gasteiger partial charge in [-0.2, -0.15) is 0 Å². The predicted molar refractivity (Wildman–Crippen MR) is 95.3 cm³/mol. The second-order valence-corrected chi connectivity index (χ2v) is 6.37. The number of carbonyl (C=O) groups is 1. The Kier molecular flexibility index (Phi) is 3.84. The molecule has 0 bridgehead atoms. The normalized spacial score (nSPS) is 13.8. The fourth-order valence-corrected chi connectivity index (χ4v) is 2.91. The van der Waals surface area contributed by atoms with Gasteiger partial charge in [0.1, 0.15) is 18.1 Å². The molecule has 2 heterocycles. The zero-order valence-electron chi connectivity index (χ0n) is 14.1. The second kappa shape index (κ2) is 6.16. The van der Waals surface area contributed by atoms with Gasteiger partial charge in [0, 0.05) is 23.9 Å². The van der Waals surface area contributed by atoms with Crippen molar-refractivity contribution >= 4 is 11.6 Å². The molecule has 0 spiro atoms. The average Bonchev–Trinajstić information content (AvgIpc) is 3.41. The molecule has 5 nitrogen and oxygen atoms in total. The Balaban J connectivity index is 1.75. The third kappa shape index (κ3) is 2.93. The molecule has 1 saturated carbocycles. The molecule has 0 amide bonds. The molecule has 1 aliphatic rings.